The van der Waals surface area contributed by atoms with Gasteiger partial charge in [-0.05, 0) is 36.6 Å². The van der Waals surface area contributed by atoms with E-state index in [4.69, 9.17) is 4.74 Å². The van der Waals surface area contributed by atoms with Gasteiger partial charge >= 0.3 is 5.97 Å². The Hall–Kier alpha value is -2.38. The van der Waals surface area contributed by atoms with Gasteiger partial charge in [-0.1, -0.05) is 36.4 Å². The lowest BCUT2D eigenvalue weighted by atomic mass is 10.0. The van der Waals surface area contributed by atoms with Gasteiger partial charge in [0.2, 0.25) is 0 Å². The van der Waals surface area contributed by atoms with E-state index < -0.39 is 21.8 Å². The Labute approximate surface area is 153 Å². The highest BCUT2D eigenvalue weighted by Gasteiger charge is 2.23. The van der Waals surface area contributed by atoms with Crippen molar-refractivity contribution in [1.29, 1.82) is 0 Å². The predicted molar refractivity (Wildman–Crippen MR) is 98.6 cm³/mol. The van der Waals surface area contributed by atoms with Gasteiger partial charge in [-0.2, -0.15) is 0 Å². The summed E-state index contributed by atoms with van der Waals surface area (Å²) in [7, 11) is -3.55. The van der Waals surface area contributed by atoms with Gasteiger partial charge in [0.05, 0.1) is 11.5 Å². The molecule has 0 bridgehead atoms. The summed E-state index contributed by atoms with van der Waals surface area (Å²) >= 11 is 0. The molecule has 0 saturated carbocycles. The minimum Gasteiger partial charge on any atom is -0.508 e. The van der Waals surface area contributed by atoms with Crippen molar-refractivity contribution in [2.75, 3.05) is 12.9 Å². The smallest absolute Gasteiger partial charge is 0.323 e. The average molecular weight is 377 g/mol. The van der Waals surface area contributed by atoms with Crippen molar-refractivity contribution in [2.24, 2.45) is 0 Å². The molecule has 0 unspecified atom stereocenters. The number of hydrogen-bond donors (Lipinski definition) is 2. The molecule has 0 aliphatic carbocycles. The minimum absolute atomic E-state index is 0.00769. The number of rotatable bonds is 8. The molecule has 0 aliphatic rings. The molecule has 0 spiro atoms. The highest BCUT2D eigenvalue weighted by atomic mass is 32.2. The van der Waals surface area contributed by atoms with E-state index >= 15 is 0 Å². The largest absolute Gasteiger partial charge is 0.508 e. The number of carbonyl (C=O) groups excluding carboxylic acids is 1. The first-order valence-electron chi connectivity index (χ1n) is 8.27. The number of nitrogens with one attached hydrogen (secondary N) is 1. The highest BCUT2D eigenvalue weighted by Crippen LogP contribution is 2.23. The number of phenols is 1. The van der Waals surface area contributed by atoms with Crippen LogP contribution in [0.25, 0.3) is 0 Å². The molecule has 140 valence electrons. The number of esters is 1. The van der Waals surface area contributed by atoms with E-state index in [-0.39, 0.29) is 23.7 Å². The molecular weight excluding hydrogens is 354 g/mol. The van der Waals surface area contributed by atoms with Crippen LogP contribution in [-0.4, -0.2) is 38.4 Å². The average Bonchev–Trinajstić information content (AvgIpc) is 2.60. The minimum atomic E-state index is -3.55. The molecular formula is C19H23NO5S. The van der Waals surface area contributed by atoms with Gasteiger partial charge in [-0.15, -0.1) is 0 Å². The summed E-state index contributed by atoms with van der Waals surface area (Å²) in [6.45, 7) is 2.39. The van der Waals surface area contributed by atoms with Crippen LogP contribution in [0.5, 0.6) is 5.75 Å². The molecule has 0 aliphatic heterocycles. The summed E-state index contributed by atoms with van der Waals surface area (Å²) in [6.07, 6.45) is 1.20. The standard InChI is InChI=1S/C19H23NO5S/c1-3-25-19(22)17(20-13-14-7-5-4-6-8-14)11-15-9-10-16(21)12-18(15)26(2,23)24/h4-10,12,17,20-21H,3,11,13H2,1-2H3/t17-/m0/s1. The molecule has 0 aromatic heterocycles. The van der Waals surface area contributed by atoms with Crippen molar-refractivity contribution in [3.05, 3.63) is 59.7 Å². The Bertz CT molecular complexity index is 849. The fourth-order valence-electron chi connectivity index (χ4n) is 2.60. The summed E-state index contributed by atoms with van der Waals surface area (Å²) in [5.41, 5.74) is 1.44. The maximum atomic E-state index is 12.3. The maximum absolute atomic E-state index is 12.3. The van der Waals surface area contributed by atoms with Crippen molar-refractivity contribution in [2.45, 2.75) is 30.8 Å². The lowest BCUT2D eigenvalue weighted by Gasteiger charge is -2.19. The summed E-state index contributed by atoms with van der Waals surface area (Å²) in [5.74, 6) is -0.588. The van der Waals surface area contributed by atoms with Crippen LogP contribution >= 0.6 is 0 Å². The van der Waals surface area contributed by atoms with E-state index in [0.29, 0.717) is 12.1 Å². The number of aromatic hydroxyl groups is 1. The quantitative estimate of drug-likeness (QED) is 0.684. The van der Waals surface area contributed by atoms with Crippen LogP contribution in [0.1, 0.15) is 18.1 Å². The molecule has 7 heteroatoms. The van der Waals surface area contributed by atoms with E-state index in [2.05, 4.69) is 5.32 Å². The zero-order valence-electron chi connectivity index (χ0n) is 14.8. The molecule has 0 fully saturated rings. The number of phenolic OH excluding ortho intramolecular Hbond substituents is 1. The van der Waals surface area contributed by atoms with Gasteiger partial charge in [0.25, 0.3) is 0 Å². The predicted octanol–water partition coefficient (Wildman–Crippen LogP) is 2.06. The number of benzene rings is 2. The molecule has 6 nitrogen and oxygen atoms in total. The van der Waals surface area contributed by atoms with E-state index in [1.165, 1.54) is 18.2 Å². The van der Waals surface area contributed by atoms with Crippen molar-refractivity contribution in [3.8, 4) is 5.75 Å². The Morgan fingerprint density at radius 2 is 1.88 bits per heavy atom. The van der Waals surface area contributed by atoms with Crippen molar-refractivity contribution in [3.63, 3.8) is 0 Å². The van der Waals surface area contributed by atoms with Crippen LogP contribution in [0.4, 0.5) is 0 Å². The van der Waals surface area contributed by atoms with Crippen molar-refractivity contribution >= 4 is 15.8 Å². The molecule has 0 saturated heterocycles. The second-order valence-electron chi connectivity index (χ2n) is 5.94. The van der Waals surface area contributed by atoms with Gasteiger partial charge < -0.3 is 15.2 Å². The molecule has 26 heavy (non-hydrogen) atoms. The van der Waals surface area contributed by atoms with Crippen LogP contribution in [0.15, 0.2) is 53.4 Å². The van der Waals surface area contributed by atoms with E-state index in [9.17, 15) is 18.3 Å². The van der Waals surface area contributed by atoms with Crippen LogP contribution in [-0.2, 0) is 32.3 Å². The zero-order valence-corrected chi connectivity index (χ0v) is 15.6. The Morgan fingerprint density at radius 3 is 2.50 bits per heavy atom. The SMILES string of the molecule is CCOC(=O)[C@H](Cc1ccc(O)cc1S(C)(=O)=O)NCc1ccccc1. The van der Waals surface area contributed by atoms with Crippen LogP contribution in [0.2, 0.25) is 0 Å². The molecule has 2 aromatic rings. The van der Waals surface area contributed by atoms with Gasteiger partial charge in [-0.25, -0.2) is 8.42 Å². The molecule has 0 heterocycles. The summed E-state index contributed by atoms with van der Waals surface area (Å²) in [4.78, 5) is 12.3. The molecule has 0 amide bonds. The summed E-state index contributed by atoms with van der Waals surface area (Å²) < 4.78 is 29.1. The van der Waals surface area contributed by atoms with Crippen molar-refractivity contribution in [1.82, 2.24) is 5.32 Å². The lowest BCUT2D eigenvalue weighted by molar-refractivity contribution is -0.145. The first-order chi connectivity index (χ1) is 12.3. The third-order valence-electron chi connectivity index (χ3n) is 3.84. The van der Waals surface area contributed by atoms with E-state index in [1.807, 2.05) is 30.3 Å². The van der Waals surface area contributed by atoms with Crippen LogP contribution in [0, 0.1) is 0 Å². The summed E-state index contributed by atoms with van der Waals surface area (Å²) in [5, 5.41) is 12.7. The highest BCUT2D eigenvalue weighted by molar-refractivity contribution is 7.90. The number of ether oxygens (including phenoxy) is 1. The van der Waals surface area contributed by atoms with Crippen LogP contribution < -0.4 is 5.32 Å². The van der Waals surface area contributed by atoms with Gasteiger partial charge in [-0.3, -0.25) is 4.79 Å². The third-order valence-corrected chi connectivity index (χ3v) is 5.02. The lowest BCUT2D eigenvalue weighted by Crippen LogP contribution is -2.39. The Morgan fingerprint density at radius 1 is 1.19 bits per heavy atom. The van der Waals surface area contributed by atoms with Gasteiger partial charge in [0, 0.05) is 12.8 Å². The number of sulfone groups is 1. The molecule has 1 atom stereocenters. The Kier molecular flexibility index (Phi) is 6.76. The Balaban J connectivity index is 2.25. The van der Waals surface area contributed by atoms with Gasteiger partial charge in [0.1, 0.15) is 11.8 Å². The fourth-order valence-corrected chi connectivity index (χ4v) is 3.56. The molecule has 2 aromatic carbocycles. The maximum Gasteiger partial charge on any atom is 0.323 e. The van der Waals surface area contributed by atoms with Crippen molar-refractivity contribution < 1.29 is 23.1 Å². The zero-order chi connectivity index (χ0) is 19.2. The monoisotopic (exact) mass is 377 g/mol. The first-order valence-corrected chi connectivity index (χ1v) is 10.2. The number of hydrogen-bond acceptors (Lipinski definition) is 6. The van der Waals surface area contributed by atoms with E-state index in [1.54, 1.807) is 6.92 Å². The summed E-state index contributed by atoms with van der Waals surface area (Å²) in [6, 6.07) is 13.0. The van der Waals surface area contributed by atoms with Gasteiger partial charge in [0.15, 0.2) is 9.84 Å². The topological polar surface area (TPSA) is 92.7 Å². The molecule has 0 radical (unpaired) electrons. The number of carbonyl (C=O) groups is 1. The molecule has 2 N–H and O–H groups in total. The van der Waals surface area contributed by atoms with E-state index in [0.717, 1.165) is 11.8 Å². The second-order valence-corrected chi connectivity index (χ2v) is 7.92. The third kappa shape index (κ3) is 5.57. The molecule has 2 rings (SSSR count). The normalized spacial score (nSPS) is 12.5. The second kappa shape index (κ2) is 8.82. The first kappa shape index (κ1) is 19.9. The fraction of sp³-hybridized carbons (Fsp3) is 0.316. The van der Waals surface area contributed by atoms with Crippen LogP contribution in [0.3, 0.4) is 0 Å².